The molecule has 5 nitrogen and oxygen atoms in total. The first-order valence-corrected chi connectivity index (χ1v) is 9.50. The van der Waals surface area contributed by atoms with Crippen LogP contribution in [0.4, 0.5) is 5.69 Å². The van der Waals surface area contributed by atoms with Gasteiger partial charge in [-0.15, -0.1) is 0 Å². The van der Waals surface area contributed by atoms with Crippen LogP contribution in [0.2, 0.25) is 5.02 Å². The number of ether oxygens (including phenoxy) is 1. The Balaban J connectivity index is 1.69. The second-order valence-corrected chi connectivity index (χ2v) is 7.66. The molecule has 1 amide bonds. The van der Waals surface area contributed by atoms with Crippen LogP contribution in [0.5, 0.6) is 0 Å². The number of hydrogen-bond acceptors (Lipinski definition) is 3. The number of fused-ring (bicyclic) bond motifs is 1. The highest BCUT2D eigenvalue weighted by molar-refractivity contribution is 6.30. The lowest BCUT2D eigenvalue weighted by atomic mass is 9.71. The second kappa shape index (κ2) is 7.33. The van der Waals surface area contributed by atoms with Gasteiger partial charge in [-0.3, -0.25) is 9.79 Å². The van der Waals surface area contributed by atoms with E-state index in [4.69, 9.17) is 27.1 Å². The highest BCUT2D eigenvalue weighted by atomic mass is 35.5. The molecule has 2 heterocycles. The number of halogens is 1. The summed E-state index contributed by atoms with van der Waals surface area (Å²) in [4.78, 5) is 16.5. The molecule has 4 rings (SSSR count). The van der Waals surface area contributed by atoms with Gasteiger partial charge < -0.3 is 15.8 Å². The van der Waals surface area contributed by atoms with Crippen molar-refractivity contribution in [3.8, 4) is 0 Å². The summed E-state index contributed by atoms with van der Waals surface area (Å²) < 4.78 is 5.60. The first-order valence-electron chi connectivity index (χ1n) is 9.13. The van der Waals surface area contributed by atoms with Crippen LogP contribution in [-0.2, 0) is 17.7 Å². The largest absolute Gasteiger partial charge is 0.381 e. The summed E-state index contributed by atoms with van der Waals surface area (Å²) in [6, 6.07) is 13.4. The maximum atomic E-state index is 11.5. The zero-order valence-electron chi connectivity index (χ0n) is 15.0. The predicted octanol–water partition coefficient (Wildman–Crippen LogP) is 3.80. The van der Waals surface area contributed by atoms with Gasteiger partial charge in [0.25, 0.3) is 0 Å². The van der Waals surface area contributed by atoms with Gasteiger partial charge >= 0.3 is 0 Å². The molecule has 2 aromatic carbocycles. The molecule has 0 bridgehead atoms. The lowest BCUT2D eigenvalue weighted by Gasteiger charge is -2.42. The van der Waals surface area contributed by atoms with Crippen molar-refractivity contribution in [2.24, 2.45) is 16.1 Å². The van der Waals surface area contributed by atoms with Crippen LogP contribution in [0.15, 0.2) is 47.5 Å². The minimum Gasteiger partial charge on any atom is -0.381 e. The Morgan fingerprint density at radius 3 is 2.78 bits per heavy atom. The van der Waals surface area contributed by atoms with E-state index >= 15 is 0 Å². The van der Waals surface area contributed by atoms with Crippen LogP contribution in [-0.4, -0.2) is 25.0 Å². The van der Waals surface area contributed by atoms with Crippen LogP contribution in [0, 0.1) is 5.41 Å². The number of benzene rings is 2. The molecule has 2 aliphatic rings. The van der Waals surface area contributed by atoms with Crippen molar-refractivity contribution < 1.29 is 9.53 Å². The van der Waals surface area contributed by atoms with E-state index in [2.05, 4.69) is 5.32 Å². The molecular formula is C21H22ClN3O2. The average molecular weight is 384 g/mol. The number of carbonyl (C=O) groups excluding carboxylic acids is 1. The normalized spacial score (nSPS) is 19.5. The fraction of sp³-hybridized carbons (Fsp3) is 0.333. The van der Waals surface area contributed by atoms with Gasteiger partial charge in [0.2, 0.25) is 5.91 Å². The minimum absolute atomic E-state index is 0.0575. The lowest BCUT2D eigenvalue weighted by molar-refractivity contribution is 0.0448. The fourth-order valence-electron chi connectivity index (χ4n) is 3.90. The number of hydrogen-bond donors (Lipinski definition) is 2. The monoisotopic (exact) mass is 383 g/mol. The Hall–Kier alpha value is -2.37. The van der Waals surface area contributed by atoms with Gasteiger partial charge in [0, 0.05) is 34.9 Å². The van der Waals surface area contributed by atoms with E-state index in [-0.39, 0.29) is 5.41 Å². The van der Waals surface area contributed by atoms with Gasteiger partial charge in [0.05, 0.1) is 6.54 Å². The molecule has 0 radical (unpaired) electrons. The average Bonchev–Trinajstić information content (AvgIpc) is 2.66. The SMILES string of the molecule is NC(=O)c1ccc2c(c1)NC(=NCc1cccc(Cl)c1)C1(CCOCC1)C2. The number of anilines is 1. The summed E-state index contributed by atoms with van der Waals surface area (Å²) in [5, 5.41) is 4.20. The fourth-order valence-corrected chi connectivity index (χ4v) is 4.11. The van der Waals surface area contributed by atoms with Crippen molar-refractivity contribution in [2.75, 3.05) is 18.5 Å². The predicted molar refractivity (Wildman–Crippen MR) is 107 cm³/mol. The maximum Gasteiger partial charge on any atom is 0.248 e. The number of nitrogens with two attached hydrogens (primary N) is 1. The highest BCUT2D eigenvalue weighted by Crippen LogP contribution is 2.42. The van der Waals surface area contributed by atoms with Crippen molar-refractivity contribution in [1.82, 2.24) is 0 Å². The Kier molecular flexibility index (Phi) is 4.89. The Bertz CT molecular complexity index is 904. The molecule has 0 unspecified atom stereocenters. The van der Waals surface area contributed by atoms with Gasteiger partial charge in [-0.2, -0.15) is 0 Å². The third-order valence-electron chi connectivity index (χ3n) is 5.44. The zero-order chi connectivity index (χ0) is 18.9. The topological polar surface area (TPSA) is 76.7 Å². The molecule has 140 valence electrons. The Morgan fingerprint density at radius 2 is 2.04 bits per heavy atom. The maximum absolute atomic E-state index is 11.5. The third kappa shape index (κ3) is 3.70. The van der Waals surface area contributed by atoms with E-state index < -0.39 is 5.91 Å². The molecular weight excluding hydrogens is 362 g/mol. The standard InChI is InChI=1S/C21H22ClN3O2/c22-17-3-1-2-14(10-17)13-24-20-21(6-8-27-9-7-21)12-16-5-4-15(19(23)26)11-18(16)25-20/h1-5,10-11H,6-9,12-13H2,(H2,23,26)(H,24,25). The molecule has 27 heavy (non-hydrogen) atoms. The Morgan fingerprint density at radius 1 is 1.22 bits per heavy atom. The summed E-state index contributed by atoms with van der Waals surface area (Å²) in [5.74, 6) is 0.531. The molecule has 2 aliphatic heterocycles. The first kappa shape index (κ1) is 18.0. The number of amidine groups is 1. The van der Waals surface area contributed by atoms with Gasteiger partial charge in [-0.05, 0) is 54.7 Å². The van der Waals surface area contributed by atoms with Gasteiger partial charge in [-0.1, -0.05) is 29.8 Å². The summed E-state index contributed by atoms with van der Waals surface area (Å²) in [6.07, 6.45) is 2.73. The number of amides is 1. The van der Waals surface area contributed by atoms with E-state index in [9.17, 15) is 4.79 Å². The molecule has 0 saturated carbocycles. The van der Waals surface area contributed by atoms with Crippen LogP contribution in [0.3, 0.4) is 0 Å². The molecule has 0 aliphatic carbocycles. The van der Waals surface area contributed by atoms with Crippen molar-refractivity contribution in [3.05, 3.63) is 64.2 Å². The van der Waals surface area contributed by atoms with Crippen LogP contribution in [0.1, 0.15) is 34.3 Å². The van der Waals surface area contributed by atoms with Gasteiger partial charge in [0.15, 0.2) is 0 Å². The molecule has 3 N–H and O–H groups in total. The summed E-state index contributed by atoms with van der Waals surface area (Å²) in [7, 11) is 0. The van der Waals surface area contributed by atoms with E-state index in [0.29, 0.717) is 17.1 Å². The lowest BCUT2D eigenvalue weighted by Crippen LogP contribution is -2.46. The Labute approximate surface area is 163 Å². The van der Waals surface area contributed by atoms with Crippen molar-refractivity contribution in [2.45, 2.75) is 25.8 Å². The van der Waals surface area contributed by atoms with Gasteiger partial charge in [-0.25, -0.2) is 0 Å². The number of primary amides is 1. The van der Waals surface area contributed by atoms with Crippen molar-refractivity contribution >= 4 is 29.0 Å². The van der Waals surface area contributed by atoms with Crippen molar-refractivity contribution in [3.63, 3.8) is 0 Å². The highest BCUT2D eigenvalue weighted by Gasteiger charge is 2.41. The number of carbonyl (C=O) groups is 1. The number of nitrogens with zero attached hydrogens (tertiary/aromatic N) is 1. The summed E-state index contributed by atoms with van der Waals surface area (Å²) in [5.41, 5.74) is 9.04. The molecule has 6 heteroatoms. The van der Waals surface area contributed by atoms with Crippen molar-refractivity contribution in [1.29, 1.82) is 0 Å². The van der Waals surface area contributed by atoms with Gasteiger partial charge in [0.1, 0.15) is 5.84 Å². The molecule has 2 aromatic rings. The third-order valence-corrected chi connectivity index (χ3v) is 5.67. The smallest absolute Gasteiger partial charge is 0.248 e. The zero-order valence-corrected chi connectivity index (χ0v) is 15.8. The second-order valence-electron chi connectivity index (χ2n) is 7.23. The first-order chi connectivity index (χ1) is 13.1. The molecule has 1 saturated heterocycles. The molecule has 0 atom stereocenters. The van der Waals surface area contributed by atoms with Crippen LogP contribution in [0.25, 0.3) is 0 Å². The molecule has 1 fully saturated rings. The minimum atomic E-state index is -0.427. The van der Waals surface area contributed by atoms with E-state index in [0.717, 1.165) is 49.6 Å². The molecule has 1 spiro atoms. The summed E-state index contributed by atoms with van der Waals surface area (Å²) >= 11 is 6.10. The van der Waals surface area contributed by atoms with Crippen LogP contribution >= 0.6 is 11.6 Å². The van der Waals surface area contributed by atoms with Crippen LogP contribution < -0.4 is 11.1 Å². The van der Waals surface area contributed by atoms with E-state index in [1.165, 1.54) is 5.56 Å². The summed E-state index contributed by atoms with van der Waals surface area (Å²) in [6.45, 7) is 2.01. The number of aliphatic imine (C=N–C) groups is 1. The number of rotatable bonds is 3. The molecule has 0 aromatic heterocycles. The number of nitrogens with one attached hydrogen (secondary N) is 1. The van der Waals surface area contributed by atoms with E-state index in [1.54, 1.807) is 6.07 Å². The quantitative estimate of drug-likeness (QED) is 0.846. The van der Waals surface area contributed by atoms with E-state index in [1.807, 2.05) is 36.4 Å².